The van der Waals surface area contributed by atoms with Crippen molar-refractivity contribution in [1.29, 1.82) is 0 Å². The van der Waals surface area contributed by atoms with E-state index < -0.39 is 66.8 Å². The van der Waals surface area contributed by atoms with Crippen LogP contribution in [0.5, 0.6) is 0 Å². The summed E-state index contributed by atoms with van der Waals surface area (Å²) in [5.74, 6) is -4.52. The molecular formula is C18H34N8O7S. The van der Waals surface area contributed by atoms with E-state index in [1.165, 1.54) is 11.8 Å². The standard InChI is InChI=1S/C18H34N8O7S/c1-34-6-4-9(19)14(29)25-11(7-13(20)28)15(30)26-12(8-27)16(31)24-10(17(32)33)3-2-5-23-18(21)22/h9-12,27H,2-8,19H2,1H3,(H2,20,28)(H,24,31)(H,25,29)(H,26,30)(H,32,33)(H4,21,22,23). The first kappa shape index (κ1) is 30.9. The van der Waals surface area contributed by atoms with Crippen LogP contribution in [0.25, 0.3) is 0 Å². The number of aliphatic hydroxyl groups excluding tert-OH is 1. The molecule has 0 aliphatic heterocycles. The van der Waals surface area contributed by atoms with Crippen molar-refractivity contribution in [3.8, 4) is 0 Å². The van der Waals surface area contributed by atoms with Gasteiger partial charge in [-0.05, 0) is 31.3 Å². The van der Waals surface area contributed by atoms with E-state index in [9.17, 15) is 34.2 Å². The first-order valence-electron chi connectivity index (χ1n) is 10.3. The summed E-state index contributed by atoms with van der Waals surface area (Å²) in [4.78, 5) is 63.7. The Labute approximate surface area is 200 Å². The van der Waals surface area contributed by atoms with Gasteiger partial charge >= 0.3 is 5.97 Å². The highest BCUT2D eigenvalue weighted by molar-refractivity contribution is 7.98. The van der Waals surface area contributed by atoms with Gasteiger partial charge in [-0.3, -0.25) is 24.2 Å². The Morgan fingerprint density at radius 1 is 0.912 bits per heavy atom. The summed E-state index contributed by atoms with van der Waals surface area (Å²) in [5, 5.41) is 25.5. The summed E-state index contributed by atoms with van der Waals surface area (Å²) in [6.07, 6.45) is 1.76. The number of carbonyl (C=O) groups is 5. The van der Waals surface area contributed by atoms with Gasteiger partial charge < -0.3 is 49.1 Å². The second-order valence-corrected chi connectivity index (χ2v) is 8.20. The van der Waals surface area contributed by atoms with Crippen molar-refractivity contribution in [2.24, 2.45) is 27.9 Å². The van der Waals surface area contributed by atoms with Gasteiger partial charge in [0.05, 0.1) is 19.1 Å². The SMILES string of the molecule is CSCCC(N)C(=O)NC(CC(N)=O)C(=O)NC(CO)C(=O)NC(CCCN=C(N)N)C(=O)O. The van der Waals surface area contributed by atoms with Crippen LogP contribution in [0.15, 0.2) is 4.99 Å². The molecule has 0 spiro atoms. The number of thioether (sulfide) groups is 1. The summed E-state index contributed by atoms with van der Waals surface area (Å²) < 4.78 is 0. The van der Waals surface area contributed by atoms with Crippen molar-refractivity contribution < 1.29 is 34.2 Å². The largest absolute Gasteiger partial charge is 0.480 e. The normalized spacial score (nSPS) is 14.1. The minimum Gasteiger partial charge on any atom is -0.480 e. The van der Waals surface area contributed by atoms with Crippen LogP contribution in [0, 0.1) is 0 Å². The molecule has 13 N–H and O–H groups in total. The lowest BCUT2D eigenvalue weighted by molar-refractivity contribution is -0.143. The van der Waals surface area contributed by atoms with Crippen LogP contribution in [0.1, 0.15) is 25.7 Å². The summed E-state index contributed by atoms with van der Waals surface area (Å²) >= 11 is 1.47. The molecule has 194 valence electrons. The first-order valence-corrected chi connectivity index (χ1v) is 11.6. The Bertz CT molecular complexity index is 748. The number of nitrogens with one attached hydrogen (secondary N) is 3. The minimum absolute atomic E-state index is 0.0295. The van der Waals surface area contributed by atoms with Gasteiger partial charge in [0.1, 0.15) is 18.1 Å². The molecular weight excluding hydrogens is 472 g/mol. The van der Waals surface area contributed by atoms with Gasteiger partial charge in [0.15, 0.2) is 5.96 Å². The molecule has 4 unspecified atom stereocenters. The predicted octanol–water partition coefficient (Wildman–Crippen LogP) is -4.47. The van der Waals surface area contributed by atoms with Crippen LogP contribution in [0.4, 0.5) is 0 Å². The number of aliphatic hydroxyl groups is 1. The van der Waals surface area contributed by atoms with Crippen molar-refractivity contribution in [3.05, 3.63) is 0 Å². The molecule has 0 aliphatic rings. The molecule has 4 amide bonds. The Kier molecular flexibility index (Phi) is 15.0. The number of aliphatic carboxylic acids is 1. The molecule has 16 heteroatoms. The predicted molar refractivity (Wildman–Crippen MR) is 125 cm³/mol. The molecule has 0 saturated carbocycles. The zero-order valence-corrected chi connectivity index (χ0v) is 19.7. The van der Waals surface area contributed by atoms with Gasteiger partial charge in [0.25, 0.3) is 0 Å². The number of aliphatic imine (C=N–C) groups is 1. The topological polar surface area (TPSA) is 278 Å². The van der Waals surface area contributed by atoms with Gasteiger partial charge in [-0.1, -0.05) is 0 Å². The fourth-order valence-corrected chi connectivity index (χ4v) is 3.05. The highest BCUT2D eigenvalue weighted by atomic mass is 32.2. The number of nitrogens with zero attached hydrogens (tertiary/aromatic N) is 1. The number of hydrogen-bond acceptors (Lipinski definition) is 9. The minimum atomic E-state index is -1.57. The van der Waals surface area contributed by atoms with E-state index in [1.807, 2.05) is 6.26 Å². The molecule has 0 saturated heterocycles. The van der Waals surface area contributed by atoms with Crippen LogP contribution in [0.3, 0.4) is 0 Å². The Hall–Kier alpha value is -3.11. The van der Waals surface area contributed by atoms with Gasteiger partial charge in [-0.2, -0.15) is 11.8 Å². The lowest BCUT2D eigenvalue weighted by Gasteiger charge is -2.23. The molecule has 0 aliphatic carbocycles. The number of amides is 4. The third-order valence-electron chi connectivity index (χ3n) is 4.38. The van der Waals surface area contributed by atoms with E-state index in [1.54, 1.807) is 0 Å². The van der Waals surface area contributed by atoms with E-state index in [-0.39, 0.29) is 25.3 Å². The van der Waals surface area contributed by atoms with Crippen molar-refractivity contribution >= 4 is 47.3 Å². The highest BCUT2D eigenvalue weighted by Gasteiger charge is 2.30. The van der Waals surface area contributed by atoms with Crippen molar-refractivity contribution in [2.45, 2.75) is 49.9 Å². The second kappa shape index (κ2) is 16.5. The zero-order chi connectivity index (χ0) is 26.3. The maximum Gasteiger partial charge on any atom is 0.326 e. The summed E-state index contributed by atoms with van der Waals surface area (Å²) in [7, 11) is 0. The van der Waals surface area contributed by atoms with Crippen molar-refractivity contribution in [2.75, 3.05) is 25.2 Å². The average molecular weight is 507 g/mol. The average Bonchev–Trinajstić information content (AvgIpc) is 2.76. The van der Waals surface area contributed by atoms with Crippen LogP contribution >= 0.6 is 11.8 Å². The van der Waals surface area contributed by atoms with Crippen LogP contribution in [-0.4, -0.2) is 95.1 Å². The van der Waals surface area contributed by atoms with Crippen LogP contribution in [-0.2, 0) is 24.0 Å². The monoisotopic (exact) mass is 506 g/mol. The maximum absolute atomic E-state index is 12.6. The molecule has 34 heavy (non-hydrogen) atoms. The molecule has 0 heterocycles. The van der Waals surface area contributed by atoms with Crippen LogP contribution in [0.2, 0.25) is 0 Å². The van der Waals surface area contributed by atoms with Crippen molar-refractivity contribution in [1.82, 2.24) is 16.0 Å². The highest BCUT2D eigenvalue weighted by Crippen LogP contribution is 2.02. The molecule has 0 aromatic carbocycles. The number of rotatable bonds is 17. The van der Waals surface area contributed by atoms with E-state index >= 15 is 0 Å². The van der Waals surface area contributed by atoms with Crippen molar-refractivity contribution in [3.63, 3.8) is 0 Å². The number of carbonyl (C=O) groups excluding carboxylic acids is 4. The number of hydrogen-bond donors (Lipinski definition) is 9. The van der Waals surface area contributed by atoms with E-state index in [0.29, 0.717) is 12.2 Å². The van der Waals surface area contributed by atoms with Gasteiger partial charge in [-0.15, -0.1) is 0 Å². The number of carboxylic acids is 1. The summed E-state index contributed by atoms with van der Waals surface area (Å²) in [6, 6.07) is -5.31. The zero-order valence-electron chi connectivity index (χ0n) is 18.9. The van der Waals surface area contributed by atoms with Gasteiger partial charge in [0.2, 0.25) is 23.6 Å². The lowest BCUT2D eigenvalue weighted by Crippen LogP contribution is -2.58. The lowest BCUT2D eigenvalue weighted by atomic mass is 10.1. The molecule has 0 aromatic rings. The molecule has 0 bridgehead atoms. The fourth-order valence-electron chi connectivity index (χ4n) is 2.56. The Morgan fingerprint density at radius 2 is 1.47 bits per heavy atom. The van der Waals surface area contributed by atoms with E-state index in [0.717, 1.165) is 0 Å². The molecule has 0 aromatic heterocycles. The number of carboxylic acid groups (broad SMARTS) is 1. The summed E-state index contributed by atoms with van der Waals surface area (Å²) in [5.41, 5.74) is 21.3. The van der Waals surface area contributed by atoms with Crippen LogP contribution < -0.4 is 38.9 Å². The van der Waals surface area contributed by atoms with E-state index in [4.69, 9.17) is 22.9 Å². The third-order valence-corrected chi connectivity index (χ3v) is 5.03. The number of primary amides is 1. The molecule has 15 nitrogen and oxygen atoms in total. The maximum atomic E-state index is 12.6. The Morgan fingerprint density at radius 3 is 1.97 bits per heavy atom. The van der Waals surface area contributed by atoms with Gasteiger partial charge in [-0.25, -0.2) is 4.79 Å². The molecule has 4 atom stereocenters. The summed E-state index contributed by atoms with van der Waals surface area (Å²) in [6.45, 7) is -0.752. The number of guanidine groups is 1. The fraction of sp³-hybridized carbons (Fsp3) is 0.667. The molecule has 0 radical (unpaired) electrons. The smallest absolute Gasteiger partial charge is 0.326 e. The Balaban J connectivity index is 5.17. The van der Waals surface area contributed by atoms with Gasteiger partial charge in [0, 0.05) is 6.54 Å². The quantitative estimate of drug-likeness (QED) is 0.0515. The van der Waals surface area contributed by atoms with E-state index in [2.05, 4.69) is 20.9 Å². The third kappa shape index (κ3) is 12.8. The first-order chi connectivity index (χ1) is 15.9. The molecule has 0 fully saturated rings. The second-order valence-electron chi connectivity index (χ2n) is 7.21. The number of nitrogens with two attached hydrogens (primary N) is 4. The molecule has 0 rings (SSSR count).